The topological polar surface area (TPSA) is 422 Å². The second-order valence-electron chi connectivity index (χ2n) is 24.1. The zero-order chi connectivity index (χ0) is 93.4. The summed E-state index contributed by atoms with van der Waals surface area (Å²) in [5.74, 6) is -18.5. The SMILES string of the molecule is COC(=O)c1nc(-c2cc(F)c(C)cc2F)cc(N)c1Cl.COC(=O)c1nc(-c2cc(F)c(OC(F)F)cc2F)cc(N)c1Cl.COC(=O)c1nc(-c2cccc(F)c2)c(F)c(N)c1Cl.COC(=O)c1nc(-c2ccccc2)c(F)c(N)c1Cl.Nc1c(F)c(-c2cc(F)c(C(F)F)cc2F)nc(C(=O)O)c1Cl.Nc1c(F)c(-c2ccccc2)nc(C(=O)O)c1Cl. The Balaban J connectivity index is 0.000000206. The number of aromatic nitrogens is 6. The summed E-state index contributed by atoms with van der Waals surface area (Å²) in [6.07, 6.45) is -3.29. The van der Waals surface area contributed by atoms with Gasteiger partial charge < -0.3 is 68.3 Å². The number of pyridine rings is 6. The third-order valence-electron chi connectivity index (χ3n) is 16.1. The van der Waals surface area contributed by atoms with Crippen molar-refractivity contribution in [2.45, 2.75) is 20.0 Å². The van der Waals surface area contributed by atoms with E-state index in [1.807, 2.05) is 0 Å². The zero-order valence-corrected chi connectivity index (χ0v) is 67.9. The molecule has 46 heteroatoms. The molecule has 0 aliphatic carbocycles. The Morgan fingerprint density at radius 3 is 1.06 bits per heavy atom. The number of methoxy groups -OCH3 is 4. The summed E-state index contributed by atoms with van der Waals surface area (Å²) < 4.78 is 223. The number of nitrogens with two attached hydrogens (primary N) is 6. The maximum absolute atomic E-state index is 14.1. The number of hydrogen-bond acceptors (Lipinski definition) is 23. The Labute approximate surface area is 723 Å². The average molecular weight is 1880 g/mol. The molecule has 0 atom stereocenters. The number of carbonyl (C=O) groups excluding carboxylic acids is 4. The molecule has 0 amide bonds. The number of carboxylic acid groups (broad SMARTS) is 2. The minimum atomic E-state index is -3.32. The summed E-state index contributed by atoms with van der Waals surface area (Å²) in [6, 6.07) is 27.8. The summed E-state index contributed by atoms with van der Waals surface area (Å²) in [4.78, 5) is 90.6. The molecule has 6 aromatic carbocycles. The summed E-state index contributed by atoms with van der Waals surface area (Å²) in [5.41, 5.74) is 25.3. The number of benzene rings is 6. The van der Waals surface area contributed by atoms with Gasteiger partial charge >= 0.3 is 42.4 Å². The normalized spacial score (nSPS) is 10.6. The van der Waals surface area contributed by atoms with E-state index in [1.165, 1.54) is 38.3 Å². The molecule has 0 saturated heterocycles. The highest BCUT2D eigenvalue weighted by Crippen LogP contribution is 2.41. The molecule has 0 aliphatic rings. The van der Waals surface area contributed by atoms with Crippen LogP contribution in [0, 0.1) is 70.9 Å². The van der Waals surface area contributed by atoms with E-state index in [1.54, 1.807) is 60.7 Å². The first-order valence-electron chi connectivity index (χ1n) is 33.6. The van der Waals surface area contributed by atoms with Gasteiger partial charge in [-0.25, -0.2) is 116 Å². The van der Waals surface area contributed by atoms with E-state index in [4.69, 9.17) is 114 Å². The van der Waals surface area contributed by atoms with Gasteiger partial charge in [0.1, 0.15) is 57.7 Å². The number of halogens is 21. The maximum Gasteiger partial charge on any atom is 0.387 e. The second kappa shape index (κ2) is 42.9. The molecule has 0 radical (unpaired) electrons. The number of ether oxygens (including phenoxy) is 5. The fourth-order valence-electron chi connectivity index (χ4n) is 10.1. The molecular weight excluding hydrogens is 1820 g/mol. The minimum Gasteiger partial charge on any atom is -0.476 e. The number of esters is 4. The molecule has 654 valence electrons. The van der Waals surface area contributed by atoms with E-state index in [0.717, 1.165) is 45.6 Å². The largest absolute Gasteiger partial charge is 0.476 e. The second-order valence-corrected chi connectivity index (χ2v) is 26.4. The van der Waals surface area contributed by atoms with E-state index in [9.17, 15) is 94.6 Å². The predicted octanol–water partition coefficient (Wildman–Crippen LogP) is 19.8. The van der Waals surface area contributed by atoms with Crippen molar-refractivity contribution in [2.24, 2.45) is 0 Å². The number of rotatable bonds is 15. The Bertz CT molecular complexity index is 6200. The van der Waals surface area contributed by atoms with Gasteiger partial charge in [0.25, 0.3) is 6.43 Å². The molecule has 0 unspecified atom stereocenters. The molecule has 0 saturated carbocycles. The lowest BCUT2D eigenvalue weighted by Crippen LogP contribution is -2.10. The molecule has 125 heavy (non-hydrogen) atoms. The van der Waals surface area contributed by atoms with Crippen LogP contribution < -0.4 is 39.1 Å². The molecular formula is C79H53Cl6F15N12O13. The van der Waals surface area contributed by atoms with Crippen LogP contribution in [0.1, 0.15) is 80.5 Å². The van der Waals surface area contributed by atoms with Gasteiger partial charge in [-0.2, -0.15) is 8.78 Å². The van der Waals surface area contributed by atoms with Crippen LogP contribution in [-0.4, -0.2) is 111 Å². The summed E-state index contributed by atoms with van der Waals surface area (Å²) >= 11 is 34.4. The van der Waals surface area contributed by atoms with Crippen molar-refractivity contribution in [3.8, 4) is 73.3 Å². The molecule has 0 aliphatic heterocycles. The summed E-state index contributed by atoms with van der Waals surface area (Å²) in [5, 5.41) is 15.8. The third kappa shape index (κ3) is 23.2. The van der Waals surface area contributed by atoms with Gasteiger partial charge in [-0.05, 0) is 67.1 Å². The van der Waals surface area contributed by atoms with Crippen molar-refractivity contribution in [2.75, 3.05) is 62.8 Å². The molecule has 12 aromatic rings. The van der Waals surface area contributed by atoms with Crippen LogP contribution >= 0.6 is 69.6 Å². The Morgan fingerprint density at radius 1 is 0.352 bits per heavy atom. The van der Waals surface area contributed by atoms with E-state index in [2.05, 4.69) is 53.6 Å². The van der Waals surface area contributed by atoms with Crippen LogP contribution in [0.15, 0.2) is 133 Å². The number of aromatic carboxylic acids is 2. The highest BCUT2D eigenvalue weighted by molar-refractivity contribution is 6.38. The quantitative estimate of drug-likeness (QED) is 0.0268. The lowest BCUT2D eigenvalue weighted by molar-refractivity contribution is -0.0523. The smallest absolute Gasteiger partial charge is 0.387 e. The minimum absolute atomic E-state index is 0.00583. The van der Waals surface area contributed by atoms with Crippen molar-refractivity contribution < 1.29 is 129 Å². The van der Waals surface area contributed by atoms with Gasteiger partial charge in [-0.1, -0.05) is 142 Å². The van der Waals surface area contributed by atoms with Gasteiger partial charge in [0, 0.05) is 39.4 Å². The molecule has 0 fully saturated rings. The van der Waals surface area contributed by atoms with Gasteiger partial charge in [0.05, 0.1) is 110 Å². The summed E-state index contributed by atoms with van der Waals surface area (Å²) in [6.45, 7) is -1.88. The molecule has 0 spiro atoms. The van der Waals surface area contributed by atoms with Gasteiger partial charge in [-0.15, -0.1) is 0 Å². The molecule has 14 N–H and O–H groups in total. The Hall–Kier alpha value is -13.7. The van der Waals surface area contributed by atoms with Crippen LogP contribution in [0.3, 0.4) is 0 Å². The van der Waals surface area contributed by atoms with Crippen molar-refractivity contribution in [3.63, 3.8) is 0 Å². The Kier molecular flexibility index (Phi) is 33.8. The fraction of sp³-hybridized carbons (Fsp3) is 0.0886. The van der Waals surface area contributed by atoms with Crippen LogP contribution in [0.5, 0.6) is 5.75 Å². The average Bonchev–Trinajstić information content (AvgIpc) is 0.769. The van der Waals surface area contributed by atoms with E-state index in [0.29, 0.717) is 23.3 Å². The molecule has 6 aromatic heterocycles. The number of anilines is 6. The predicted molar refractivity (Wildman–Crippen MR) is 430 cm³/mol. The first-order chi connectivity index (χ1) is 58.8. The van der Waals surface area contributed by atoms with E-state index < -0.39 is 180 Å². The summed E-state index contributed by atoms with van der Waals surface area (Å²) in [7, 11) is 4.53. The van der Waals surface area contributed by atoms with Gasteiger partial charge in [0.2, 0.25) is 0 Å². The van der Waals surface area contributed by atoms with Crippen LogP contribution in [0.2, 0.25) is 30.1 Å². The first-order valence-corrected chi connectivity index (χ1v) is 35.9. The maximum atomic E-state index is 14.1. The first kappa shape index (κ1) is 98.4. The van der Waals surface area contributed by atoms with Crippen LogP contribution in [0.4, 0.5) is 100.0 Å². The number of hydrogen-bond donors (Lipinski definition) is 8. The zero-order valence-electron chi connectivity index (χ0n) is 63.3. The number of nitrogen functional groups attached to an aromatic ring is 6. The third-order valence-corrected chi connectivity index (χ3v) is 18.5. The molecule has 6 heterocycles. The Morgan fingerprint density at radius 2 is 0.680 bits per heavy atom. The number of carboxylic acids is 2. The van der Waals surface area contributed by atoms with Crippen molar-refractivity contribution in [1.29, 1.82) is 0 Å². The van der Waals surface area contributed by atoms with Crippen molar-refractivity contribution in [3.05, 3.63) is 273 Å². The van der Waals surface area contributed by atoms with Crippen molar-refractivity contribution in [1.82, 2.24) is 29.9 Å². The fourth-order valence-corrected chi connectivity index (χ4v) is 11.2. The number of alkyl halides is 4. The molecule has 12 rings (SSSR count). The monoisotopic (exact) mass is 1870 g/mol. The van der Waals surface area contributed by atoms with Gasteiger partial charge in [-0.3, -0.25) is 0 Å². The number of carbonyl (C=O) groups is 6. The lowest BCUT2D eigenvalue weighted by atomic mass is 10.1. The lowest BCUT2D eigenvalue weighted by Gasteiger charge is -2.11. The highest BCUT2D eigenvalue weighted by Gasteiger charge is 2.30. The number of aryl methyl sites for hydroxylation is 1. The number of nitrogens with zero attached hydrogens (tertiary/aromatic N) is 6. The molecule has 0 bridgehead atoms. The van der Waals surface area contributed by atoms with Gasteiger partial charge in [0.15, 0.2) is 69.0 Å². The van der Waals surface area contributed by atoms with Crippen molar-refractivity contribution >= 4 is 140 Å². The molecule has 25 nitrogen and oxygen atoms in total. The highest BCUT2D eigenvalue weighted by atomic mass is 35.5. The van der Waals surface area contributed by atoms with Crippen LogP contribution in [-0.2, 0) is 18.9 Å². The van der Waals surface area contributed by atoms with E-state index in [-0.39, 0.29) is 117 Å². The van der Waals surface area contributed by atoms with Crippen LogP contribution in [0.25, 0.3) is 67.5 Å². The van der Waals surface area contributed by atoms with E-state index >= 15 is 0 Å². The standard InChI is InChI=1S/C14H9ClF4N2O3.C14H11ClF2N2O2.C13H6ClF5N2O2.C13H9ClF2N2O2.C13H10ClFN2O2.C12H8ClFN2O2/c1-23-13(22)12-11(15)8(20)4-9(21-12)5-2-7(17)10(3-6(5)16)24-14(18)19;1-6-3-9(17)7(4-8(6)16)11-5-10(18)12(15)13(19-11)14(20)21-2;14-7-9(20)8(17)10(21-11(7)13(22)23)3-1-6(16)4(12(18)19)2-5(3)15;1-20-13(19)12-8(14)10(17)9(16)11(18-12)6-3-2-4-7(15)5-6;1-19-13(18)12-8(14)10(16)9(15)11(17-12)7-5-3-2-4-6-7;13-7-9(15)8(14)10(16-11(7)12(17)18)6-4-2-1-3-5-6/h2-4,14H,1H3,(H2,20,21);3-5H,1-2H3,(H2,18,19);1-2,12H,(H2,20,21)(H,22,23);2-5H,1H3,(H2,17,18);2-6H,1H3,(H2,16,17);1-5H,(H2,15,16)(H,17,18).